The molecular weight excluding hydrogens is 514 g/mol. The zero-order valence-electron chi connectivity index (χ0n) is 20.1. The third kappa shape index (κ3) is 4.97. The second-order valence-electron chi connectivity index (χ2n) is 8.56. The number of nitrogens with zero attached hydrogens (tertiary/aromatic N) is 5. The van der Waals surface area contributed by atoms with Crippen LogP contribution in [0.5, 0.6) is 0 Å². The van der Waals surface area contributed by atoms with E-state index in [1.807, 2.05) is 71.6 Å². The van der Waals surface area contributed by atoms with Gasteiger partial charge in [-0.25, -0.2) is 15.0 Å². The average Bonchev–Trinajstić information content (AvgIpc) is 3.34. The lowest BCUT2D eigenvalue weighted by molar-refractivity contribution is 0.971. The van der Waals surface area contributed by atoms with E-state index in [1.165, 1.54) is 0 Å². The highest BCUT2D eigenvalue weighted by atomic mass is 35.5. The first-order valence-corrected chi connectivity index (χ1v) is 13.1. The van der Waals surface area contributed by atoms with Crippen LogP contribution in [0.2, 0.25) is 5.02 Å². The smallest absolute Gasteiger partial charge is 0.164 e. The second-order valence-corrected chi connectivity index (χ2v) is 9.96. The molecule has 0 spiro atoms. The van der Waals surface area contributed by atoms with Gasteiger partial charge < -0.3 is 5.73 Å². The highest BCUT2D eigenvalue weighted by Crippen LogP contribution is 2.32. The maximum atomic E-state index is 6.27. The molecule has 0 radical (unpaired) electrons. The molecule has 2 aromatic carbocycles. The van der Waals surface area contributed by atoms with E-state index < -0.39 is 0 Å². The standard InChI is InChI=1S/C29H22ClN7S/c30-22-7-11-24(12-8-22)38-35-16-19-5-9-23(10-6-19)37-28(25-4-2-14-33-27(25)31)36-26-15-21(18-34-29(26)37)20-3-1-13-32-17-20/h1-15,17-18,35H,16H2,(H2,31,33). The van der Waals surface area contributed by atoms with Crippen molar-refractivity contribution in [3.8, 4) is 28.2 Å². The van der Waals surface area contributed by atoms with Crippen LogP contribution in [-0.2, 0) is 6.54 Å². The van der Waals surface area contributed by atoms with Crippen molar-refractivity contribution >= 4 is 40.5 Å². The molecule has 6 aromatic rings. The van der Waals surface area contributed by atoms with Crippen LogP contribution in [0.1, 0.15) is 5.56 Å². The Balaban J connectivity index is 1.34. The lowest BCUT2D eigenvalue weighted by atomic mass is 10.1. The van der Waals surface area contributed by atoms with E-state index in [9.17, 15) is 0 Å². The predicted octanol–water partition coefficient (Wildman–Crippen LogP) is 6.58. The van der Waals surface area contributed by atoms with Crippen LogP contribution in [0.3, 0.4) is 0 Å². The molecule has 0 bridgehead atoms. The molecule has 0 aliphatic rings. The highest BCUT2D eigenvalue weighted by molar-refractivity contribution is 7.97. The minimum Gasteiger partial charge on any atom is -0.383 e. The Labute approximate surface area is 228 Å². The van der Waals surface area contributed by atoms with Crippen molar-refractivity contribution in [3.63, 3.8) is 0 Å². The van der Waals surface area contributed by atoms with E-state index in [0.29, 0.717) is 18.2 Å². The van der Waals surface area contributed by atoms with E-state index in [1.54, 1.807) is 24.3 Å². The van der Waals surface area contributed by atoms with E-state index in [-0.39, 0.29) is 0 Å². The van der Waals surface area contributed by atoms with Crippen LogP contribution < -0.4 is 10.5 Å². The molecule has 0 atom stereocenters. The van der Waals surface area contributed by atoms with Crippen molar-refractivity contribution in [1.29, 1.82) is 0 Å². The summed E-state index contributed by atoms with van der Waals surface area (Å²) in [7, 11) is 0. The largest absolute Gasteiger partial charge is 0.383 e. The van der Waals surface area contributed by atoms with Gasteiger partial charge in [-0.05, 0) is 78.2 Å². The fourth-order valence-electron chi connectivity index (χ4n) is 4.16. The molecule has 9 heteroatoms. The quantitative estimate of drug-likeness (QED) is 0.223. The Hall–Kier alpha value is -4.24. The molecule has 4 aromatic heterocycles. The summed E-state index contributed by atoms with van der Waals surface area (Å²) in [5, 5.41) is 0.729. The summed E-state index contributed by atoms with van der Waals surface area (Å²) in [5.41, 5.74) is 12.5. The lowest BCUT2D eigenvalue weighted by Gasteiger charge is -2.11. The third-order valence-electron chi connectivity index (χ3n) is 6.05. The van der Waals surface area contributed by atoms with E-state index in [2.05, 4.69) is 39.0 Å². The maximum Gasteiger partial charge on any atom is 0.164 e. The number of benzene rings is 2. The van der Waals surface area contributed by atoms with E-state index in [4.69, 9.17) is 27.3 Å². The molecule has 7 nitrogen and oxygen atoms in total. The van der Waals surface area contributed by atoms with Crippen LogP contribution >= 0.6 is 23.5 Å². The molecule has 0 aliphatic carbocycles. The van der Waals surface area contributed by atoms with Crippen LogP contribution in [0.4, 0.5) is 5.82 Å². The zero-order chi connectivity index (χ0) is 25.9. The summed E-state index contributed by atoms with van der Waals surface area (Å²) in [6, 6.07) is 25.8. The number of nitrogens with two attached hydrogens (primary N) is 1. The van der Waals surface area contributed by atoms with Crippen LogP contribution in [-0.4, -0.2) is 24.5 Å². The zero-order valence-corrected chi connectivity index (χ0v) is 21.7. The van der Waals surface area contributed by atoms with Crippen LogP contribution in [0, 0.1) is 0 Å². The molecule has 6 rings (SSSR count). The lowest BCUT2D eigenvalue weighted by Crippen LogP contribution is -2.04. The topological polar surface area (TPSA) is 94.5 Å². The number of halogens is 1. The van der Waals surface area contributed by atoms with Crippen molar-refractivity contribution < 1.29 is 0 Å². The van der Waals surface area contributed by atoms with Gasteiger partial charge in [0, 0.05) is 58.1 Å². The molecule has 38 heavy (non-hydrogen) atoms. The first-order chi connectivity index (χ1) is 18.7. The Morgan fingerprint density at radius 2 is 1.68 bits per heavy atom. The molecule has 0 saturated carbocycles. The fourth-order valence-corrected chi connectivity index (χ4v) is 4.96. The van der Waals surface area contributed by atoms with E-state index >= 15 is 0 Å². The number of fused-ring (bicyclic) bond motifs is 1. The minimum atomic E-state index is 0.414. The number of nitrogens with one attached hydrogen (secondary N) is 1. The summed E-state index contributed by atoms with van der Waals surface area (Å²) in [5.74, 6) is 1.10. The van der Waals surface area contributed by atoms with Gasteiger partial charge in [0.15, 0.2) is 11.5 Å². The third-order valence-corrected chi connectivity index (χ3v) is 7.09. The minimum absolute atomic E-state index is 0.414. The SMILES string of the molecule is Nc1ncccc1-c1nc2cc(-c3cccnc3)cnc2n1-c1ccc(CNSc2ccc(Cl)cc2)cc1. The Morgan fingerprint density at radius 1 is 0.868 bits per heavy atom. The van der Waals surface area contributed by atoms with Crippen molar-refractivity contribution in [2.45, 2.75) is 11.4 Å². The van der Waals surface area contributed by atoms with Gasteiger partial charge in [0.1, 0.15) is 11.3 Å². The van der Waals surface area contributed by atoms with Crippen molar-refractivity contribution in [3.05, 3.63) is 114 Å². The molecule has 0 amide bonds. The van der Waals surface area contributed by atoms with Gasteiger partial charge in [0.05, 0.1) is 5.56 Å². The van der Waals surface area contributed by atoms with Crippen LogP contribution in [0.15, 0.2) is 109 Å². The summed E-state index contributed by atoms with van der Waals surface area (Å²) in [6.07, 6.45) is 7.09. The number of hydrogen-bond acceptors (Lipinski definition) is 7. The van der Waals surface area contributed by atoms with Gasteiger partial charge in [-0.3, -0.25) is 14.3 Å². The van der Waals surface area contributed by atoms with Crippen molar-refractivity contribution in [2.75, 3.05) is 5.73 Å². The Kier molecular flexibility index (Phi) is 6.75. The number of rotatable bonds is 7. The molecular formula is C29H22ClN7S. The Bertz CT molecular complexity index is 1700. The van der Waals surface area contributed by atoms with Gasteiger partial charge in [-0.1, -0.05) is 29.8 Å². The number of anilines is 1. The highest BCUT2D eigenvalue weighted by Gasteiger charge is 2.18. The van der Waals surface area contributed by atoms with E-state index in [0.717, 1.165) is 49.0 Å². The fraction of sp³-hybridized carbons (Fsp3) is 0.0345. The first kappa shape index (κ1) is 24.1. The number of hydrogen-bond donors (Lipinski definition) is 2. The van der Waals surface area contributed by atoms with Crippen molar-refractivity contribution in [2.24, 2.45) is 0 Å². The summed E-state index contributed by atoms with van der Waals surface area (Å²) >= 11 is 7.55. The van der Waals surface area contributed by atoms with Gasteiger partial charge in [0.2, 0.25) is 0 Å². The van der Waals surface area contributed by atoms with Gasteiger partial charge in [0.25, 0.3) is 0 Å². The number of nitrogen functional groups attached to an aromatic ring is 1. The van der Waals surface area contributed by atoms with Gasteiger partial charge in [-0.15, -0.1) is 0 Å². The van der Waals surface area contributed by atoms with Gasteiger partial charge in [-0.2, -0.15) is 0 Å². The molecule has 0 saturated heterocycles. The molecule has 3 N–H and O–H groups in total. The Morgan fingerprint density at radius 3 is 2.45 bits per heavy atom. The first-order valence-electron chi connectivity index (χ1n) is 11.9. The van der Waals surface area contributed by atoms with Crippen LogP contribution in [0.25, 0.3) is 39.4 Å². The summed E-state index contributed by atoms with van der Waals surface area (Å²) in [4.78, 5) is 19.4. The second kappa shape index (κ2) is 10.6. The van der Waals surface area contributed by atoms with Crippen molar-refractivity contribution in [1.82, 2.24) is 29.2 Å². The molecule has 4 heterocycles. The molecule has 0 aliphatic heterocycles. The monoisotopic (exact) mass is 535 g/mol. The predicted molar refractivity (Wildman–Crippen MR) is 154 cm³/mol. The molecule has 0 fully saturated rings. The number of aromatic nitrogens is 5. The summed E-state index contributed by atoms with van der Waals surface area (Å²) in [6.45, 7) is 0.702. The summed E-state index contributed by atoms with van der Waals surface area (Å²) < 4.78 is 5.42. The average molecular weight is 536 g/mol. The number of pyridine rings is 3. The molecule has 186 valence electrons. The normalized spacial score (nSPS) is 11.2. The maximum absolute atomic E-state index is 6.27. The number of imidazole rings is 1. The van der Waals surface area contributed by atoms with Gasteiger partial charge >= 0.3 is 0 Å². The molecule has 0 unspecified atom stereocenters.